The van der Waals surface area contributed by atoms with Crippen LogP contribution in [-0.2, 0) is 15.4 Å². The molecule has 0 fully saturated rings. The van der Waals surface area contributed by atoms with E-state index >= 15 is 0 Å². The summed E-state index contributed by atoms with van der Waals surface area (Å²) in [6.07, 6.45) is 0. The number of hydrogen-bond donors (Lipinski definition) is 1. The van der Waals surface area contributed by atoms with Crippen LogP contribution in [0.3, 0.4) is 0 Å². The Bertz CT molecular complexity index is 458. The molecule has 2 rings (SSSR count). The number of ether oxygens (including phenoxy) is 2. The van der Waals surface area contributed by atoms with E-state index in [1.165, 1.54) is 20.3 Å². The molecule has 6 heteroatoms. The molecule has 1 aromatic carbocycles. The maximum atomic E-state index is 11.7. The second kappa shape index (κ2) is 3.89. The summed E-state index contributed by atoms with van der Waals surface area (Å²) in [6.45, 7) is 0. The number of rotatable bonds is 2. The molecule has 0 bridgehead atoms. The Morgan fingerprint density at radius 2 is 1.75 bits per heavy atom. The van der Waals surface area contributed by atoms with Gasteiger partial charge in [-0.2, -0.15) is 0 Å². The zero-order valence-corrected chi connectivity index (χ0v) is 10.1. The van der Waals surface area contributed by atoms with Crippen molar-refractivity contribution in [2.24, 2.45) is 0 Å². The highest BCUT2D eigenvalue weighted by atomic mass is 35.5. The van der Waals surface area contributed by atoms with Gasteiger partial charge in [0.15, 0.2) is 0 Å². The van der Waals surface area contributed by atoms with E-state index < -0.39 is 5.91 Å². The summed E-state index contributed by atoms with van der Waals surface area (Å²) in [5, 5.41) is 3.25. The third kappa shape index (κ3) is 1.50. The zero-order chi connectivity index (χ0) is 11.9. The SMILES string of the molecule is COC1(OC)NC(=O)c2cc(Cl)c(Cl)cc21. The van der Waals surface area contributed by atoms with Gasteiger partial charge in [-0.05, 0) is 12.1 Å². The molecule has 1 aliphatic rings. The van der Waals surface area contributed by atoms with Crippen molar-refractivity contribution >= 4 is 29.1 Å². The Balaban J connectivity index is 2.66. The van der Waals surface area contributed by atoms with Crippen LogP contribution in [0.2, 0.25) is 10.0 Å². The van der Waals surface area contributed by atoms with E-state index in [-0.39, 0.29) is 5.91 Å². The van der Waals surface area contributed by atoms with Gasteiger partial charge in [-0.25, -0.2) is 0 Å². The Hall–Kier alpha value is -0.810. The highest BCUT2D eigenvalue weighted by Crippen LogP contribution is 2.37. The number of hydrogen-bond acceptors (Lipinski definition) is 3. The van der Waals surface area contributed by atoms with Crippen LogP contribution in [0.15, 0.2) is 12.1 Å². The average Bonchev–Trinajstić information content (AvgIpc) is 2.54. The number of fused-ring (bicyclic) bond motifs is 1. The molecule has 0 radical (unpaired) electrons. The quantitative estimate of drug-likeness (QED) is 0.830. The van der Waals surface area contributed by atoms with Crippen molar-refractivity contribution in [3.63, 3.8) is 0 Å². The van der Waals surface area contributed by atoms with Crippen molar-refractivity contribution in [2.75, 3.05) is 14.2 Å². The van der Waals surface area contributed by atoms with Gasteiger partial charge in [0.2, 0.25) is 0 Å². The van der Waals surface area contributed by atoms with E-state index in [1.54, 1.807) is 6.07 Å². The number of benzene rings is 1. The van der Waals surface area contributed by atoms with E-state index in [4.69, 9.17) is 32.7 Å². The second-order valence-electron chi connectivity index (χ2n) is 3.29. The predicted octanol–water partition coefficient (Wildman–Crippen LogP) is 2.14. The third-order valence-electron chi connectivity index (χ3n) is 2.51. The van der Waals surface area contributed by atoms with Crippen molar-refractivity contribution < 1.29 is 14.3 Å². The fraction of sp³-hybridized carbons (Fsp3) is 0.300. The summed E-state index contributed by atoms with van der Waals surface area (Å²) in [5.41, 5.74) is 0.926. The van der Waals surface area contributed by atoms with Gasteiger partial charge in [0.05, 0.1) is 15.6 Å². The molecule has 0 unspecified atom stereocenters. The fourth-order valence-electron chi connectivity index (χ4n) is 1.70. The molecule has 1 aromatic rings. The number of nitrogens with one attached hydrogen (secondary N) is 1. The van der Waals surface area contributed by atoms with Crippen LogP contribution in [0.25, 0.3) is 0 Å². The molecule has 0 saturated carbocycles. The molecule has 1 N–H and O–H groups in total. The Morgan fingerprint density at radius 3 is 2.31 bits per heavy atom. The van der Waals surface area contributed by atoms with E-state index in [9.17, 15) is 4.79 Å². The van der Waals surface area contributed by atoms with Gasteiger partial charge >= 0.3 is 0 Å². The van der Waals surface area contributed by atoms with Gasteiger partial charge in [-0.3, -0.25) is 10.1 Å². The summed E-state index contributed by atoms with van der Waals surface area (Å²) in [5.74, 6) is -1.59. The highest BCUT2D eigenvalue weighted by molar-refractivity contribution is 6.42. The summed E-state index contributed by atoms with van der Waals surface area (Å²) in [7, 11) is 2.86. The first kappa shape index (κ1) is 11.7. The second-order valence-corrected chi connectivity index (χ2v) is 4.11. The number of amides is 1. The Kier molecular flexibility index (Phi) is 2.84. The molecule has 0 aromatic heterocycles. The topological polar surface area (TPSA) is 47.6 Å². The van der Waals surface area contributed by atoms with E-state index in [2.05, 4.69) is 5.32 Å². The van der Waals surface area contributed by atoms with Crippen LogP contribution < -0.4 is 5.32 Å². The van der Waals surface area contributed by atoms with Crippen molar-refractivity contribution in [1.29, 1.82) is 0 Å². The lowest BCUT2D eigenvalue weighted by Crippen LogP contribution is -2.42. The van der Waals surface area contributed by atoms with Crippen LogP contribution in [0.5, 0.6) is 0 Å². The van der Waals surface area contributed by atoms with Gasteiger partial charge in [-0.15, -0.1) is 0 Å². The molecule has 0 atom stereocenters. The Morgan fingerprint density at radius 1 is 1.19 bits per heavy atom. The van der Waals surface area contributed by atoms with E-state index in [1.807, 2.05) is 0 Å². The van der Waals surface area contributed by atoms with Crippen LogP contribution in [-0.4, -0.2) is 20.1 Å². The lowest BCUT2D eigenvalue weighted by Gasteiger charge is -2.26. The van der Waals surface area contributed by atoms with Crippen LogP contribution in [0, 0.1) is 0 Å². The summed E-state index contributed by atoms with van der Waals surface area (Å²) < 4.78 is 10.4. The minimum atomic E-state index is -1.28. The van der Waals surface area contributed by atoms with Gasteiger partial charge < -0.3 is 9.47 Å². The average molecular weight is 262 g/mol. The summed E-state index contributed by atoms with van der Waals surface area (Å²) in [4.78, 5) is 11.7. The summed E-state index contributed by atoms with van der Waals surface area (Å²) >= 11 is 11.7. The number of carbonyl (C=O) groups excluding carboxylic acids is 1. The Labute approximate surface area is 102 Å². The minimum Gasteiger partial charge on any atom is -0.332 e. The van der Waals surface area contributed by atoms with Gasteiger partial charge in [0, 0.05) is 19.8 Å². The van der Waals surface area contributed by atoms with E-state index in [0.717, 1.165) is 0 Å². The fourth-order valence-corrected chi connectivity index (χ4v) is 2.02. The molecule has 4 nitrogen and oxygen atoms in total. The van der Waals surface area contributed by atoms with Gasteiger partial charge in [0.1, 0.15) is 0 Å². The van der Waals surface area contributed by atoms with Crippen LogP contribution in [0.1, 0.15) is 15.9 Å². The maximum Gasteiger partial charge on any atom is 0.280 e. The molecule has 0 spiro atoms. The smallest absolute Gasteiger partial charge is 0.280 e. The third-order valence-corrected chi connectivity index (χ3v) is 3.23. The molecule has 0 aliphatic carbocycles. The lowest BCUT2D eigenvalue weighted by molar-refractivity contribution is -0.225. The molecule has 86 valence electrons. The monoisotopic (exact) mass is 261 g/mol. The molecular formula is C10H9Cl2NO3. The van der Waals surface area contributed by atoms with Gasteiger partial charge in [-0.1, -0.05) is 23.2 Å². The normalized spacial score (nSPS) is 17.1. The highest BCUT2D eigenvalue weighted by Gasteiger charge is 2.44. The van der Waals surface area contributed by atoms with Gasteiger partial charge in [0.25, 0.3) is 11.8 Å². The first-order valence-electron chi connectivity index (χ1n) is 4.46. The lowest BCUT2D eigenvalue weighted by atomic mass is 10.1. The number of methoxy groups -OCH3 is 2. The van der Waals surface area contributed by atoms with Crippen molar-refractivity contribution in [1.82, 2.24) is 5.32 Å². The van der Waals surface area contributed by atoms with Crippen LogP contribution in [0.4, 0.5) is 0 Å². The van der Waals surface area contributed by atoms with Crippen molar-refractivity contribution in [3.8, 4) is 0 Å². The van der Waals surface area contributed by atoms with Crippen molar-refractivity contribution in [3.05, 3.63) is 33.3 Å². The first-order chi connectivity index (χ1) is 7.54. The first-order valence-corrected chi connectivity index (χ1v) is 5.22. The molecular weight excluding hydrogens is 253 g/mol. The summed E-state index contributed by atoms with van der Waals surface area (Å²) in [6, 6.07) is 3.05. The molecule has 16 heavy (non-hydrogen) atoms. The standard InChI is InChI=1S/C10H9Cl2NO3/c1-15-10(16-2)6-4-8(12)7(11)3-5(6)9(14)13-10/h3-4H,1-2H3,(H,13,14). The maximum absolute atomic E-state index is 11.7. The predicted molar refractivity (Wildman–Crippen MR) is 59.6 cm³/mol. The molecule has 1 heterocycles. The van der Waals surface area contributed by atoms with Crippen LogP contribution >= 0.6 is 23.2 Å². The number of carbonyl (C=O) groups is 1. The number of halogens is 2. The van der Waals surface area contributed by atoms with E-state index in [0.29, 0.717) is 21.2 Å². The molecule has 1 aliphatic heterocycles. The molecule has 0 saturated heterocycles. The molecule has 1 amide bonds. The minimum absolute atomic E-state index is 0.308. The van der Waals surface area contributed by atoms with Crippen molar-refractivity contribution in [2.45, 2.75) is 5.91 Å². The zero-order valence-electron chi connectivity index (χ0n) is 8.64. The largest absolute Gasteiger partial charge is 0.332 e.